The molecule has 0 aliphatic heterocycles. The summed E-state index contributed by atoms with van der Waals surface area (Å²) in [5.41, 5.74) is 4.95. The van der Waals surface area contributed by atoms with Gasteiger partial charge in [0.25, 0.3) is 0 Å². The van der Waals surface area contributed by atoms with Crippen LogP contribution in [0, 0.1) is 6.92 Å². The van der Waals surface area contributed by atoms with Gasteiger partial charge in [0.15, 0.2) is 0 Å². The van der Waals surface area contributed by atoms with Gasteiger partial charge in [-0.1, -0.05) is 54.6 Å². The van der Waals surface area contributed by atoms with Gasteiger partial charge in [-0.05, 0) is 72.6 Å². The lowest BCUT2D eigenvalue weighted by atomic mass is 9.85. The highest BCUT2D eigenvalue weighted by Gasteiger charge is 2.16. The molecular formula is C25H26O3. The van der Waals surface area contributed by atoms with Crippen molar-refractivity contribution < 1.29 is 14.6 Å². The second-order valence-electron chi connectivity index (χ2n) is 7.15. The molecule has 3 aromatic carbocycles. The predicted octanol–water partition coefficient (Wildman–Crippen LogP) is 5.66. The van der Waals surface area contributed by atoms with Crippen LogP contribution in [0.2, 0.25) is 0 Å². The number of benzene rings is 3. The Bertz CT molecular complexity index is 914. The van der Waals surface area contributed by atoms with Gasteiger partial charge < -0.3 is 9.84 Å². The number of aryl methyl sites for hydroxylation is 2. The van der Waals surface area contributed by atoms with E-state index >= 15 is 0 Å². The smallest absolute Gasteiger partial charge is 0.335 e. The summed E-state index contributed by atoms with van der Waals surface area (Å²) in [7, 11) is 1.67. The minimum atomic E-state index is -0.873. The fraction of sp³-hybridized carbons (Fsp3) is 0.240. The third kappa shape index (κ3) is 5.01. The van der Waals surface area contributed by atoms with E-state index in [9.17, 15) is 9.90 Å². The number of methoxy groups -OCH3 is 1. The lowest BCUT2D eigenvalue weighted by Gasteiger charge is -2.19. The Hall–Kier alpha value is -3.07. The average Bonchev–Trinajstić information content (AvgIpc) is 2.72. The van der Waals surface area contributed by atoms with E-state index in [4.69, 9.17) is 4.74 Å². The lowest BCUT2D eigenvalue weighted by molar-refractivity contribution is 0.0696. The maximum atomic E-state index is 11.3. The van der Waals surface area contributed by atoms with E-state index in [1.807, 2.05) is 37.3 Å². The first kappa shape index (κ1) is 19.7. The molecule has 0 aromatic heterocycles. The van der Waals surface area contributed by atoms with Gasteiger partial charge in [-0.15, -0.1) is 0 Å². The highest BCUT2D eigenvalue weighted by molar-refractivity contribution is 5.89. The Balaban J connectivity index is 1.82. The zero-order valence-electron chi connectivity index (χ0n) is 16.4. The van der Waals surface area contributed by atoms with Crippen molar-refractivity contribution in [2.45, 2.75) is 32.1 Å². The number of rotatable bonds is 8. The van der Waals surface area contributed by atoms with Gasteiger partial charge in [-0.25, -0.2) is 4.79 Å². The number of carboxylic acid groups (broad SMARTS) is 1. The largest absolute Gasteiger partial charge is 0.497 e. The molecule has 3 aromatic rings. The molecule has 3 nitrogen and oxygen atoms in total. The van der Waals surface area contributed by atoms with E-state index in [1.165, 1.54) is 16.7 Å². The predicted molar refractivity (Wildman–Crippen MR) is 112 cm³/mol. The Morgan fingerprint density at radius 3 is 2.29 bits per heavy atom. The highest BCUT2D eigenvalue weighted by Crippen LogP contribution is 2.28. The molecule has 3 rings (SSSR count). The van der Waals surface area contributed by atoms with Gasteiger partial charge in [-0.2, -0.15) is 0 Å². The maximum Gasteiger partial charge on any atom is 0.335 e. The monoisotopic (exact) mass is 374 g/mol. The highest BCUT2D eigenvalue weighted by atomic mass is 16.5. The van der Waals surface area contributed by atoms with Gasteiger partial charge >= 0.3 is 5.97 Å². The topological polar surface area (TPSA) is 46.5 Å². The summed E-state index contributed by atoms with van der Waals surface area (Å²) in [5.74, 6) is 0.317. The quantitative estimate of drug-likeness (QED) is 0.553. The summed E-state index contributed by atoms with van der Waals surface area (Å²) in [5, 5.41) is 9.31. The summed E-state index contributed by atoms with van der Waals surface area (Å²) in [4.78, 5) is 11.3. The van der Waals surface area contributed by atoms with Crippen molar-refractivity contribution in [3.05, 3.63) is 101 Å². The summed E-state index contributed by atoms with van der Waals surface area (Å²) in [6.45, 7) is 1.87. The zero-order valence-corrected chi connectivity index (χ0v) is 16.4. The van der Waals surface area contributed by atoms with Gasteiger partial charge in [-0.3, -0.25) is 0 Å². The molecule has 1 N–H and O–H groups in total. The van der Waals surface area contributed by atoms with Crippen LogP contribution < -0.4 is 4.74 Å². The molecular weight excluding hydrogens is 348 g/mol. The van der Waals surface area contributed by atoms with Crippen molar-refractivity contribution >= 4 is 5.97 Å². The van der Waals surface area contributed by atoms with Crippen LogP contribution in [0.3, 0.4) is 0 Å². The van der Waals surface area contributed by atoms with Crippen LogP contribution in [0.1, 0.15) is 45.0 Å². The molecule has 1 atom stereocenters. The van der Waals surface area contributed by atoms with Crippen molar-refractivity contribution in [1.29, 1.82) is 0 Å². The second-order valence-corrected chi connectivity index (χ2v) is 7.15. The Morgan fingerprint density at radius 1 is 0.964 bits per heavy atom. The minimum Gasteiger partial charge on any atom is -0.497 e. The molecule has 3 heteroatoms. The second kappa shape index (κ2) is 9.23. The maximum absolute atomic E-state index is 11.3. The van der Waals surface area contributed by atoms with Crippen LogP contribution in [-0.2, 0) is 12.8 Å². The molecule has 0 saturated carbocycles. The summed E-state index contributed by atoms with van der Waals surface area (Å²) in [6.07, 6.45) is 2.89. The third-order valence-electron chi connectivity index (χ3n) is 5.22. The van der Waals surface area contributed by atoms with E-state index in [0.717, 1.165) is 30.6 Å². The van der Waals surface area contributed by atoms with Gasteiger partial charge in [0.1, 0.15) is 5.75 Å². The number of aromatic carboxylic acids is 1. The molecule has 28 heavy (non-hydrogen) atoms. The lowest BCUT2D eigenvalue weighted by Crippen LogP contribution is -2.07. The van der Waals surface area contributed by atoms with E-state index < -0.39 is 5.97 Å². The number of hydrogen-bond donors (Lipinski definition) is 1. The van der Waals surface area contributed by atoms with Crippen molar-refractivity contribution in [2.24, 2.45) is 0 Å². The van der Waals surface area contributed by atoms with Crippen LogP contribution >= 0.6 is 0 Å². The third-order valence-corrected chi connectivity index (χ3v) is 5.22. The number of hydrogen-bond acceptors (Lipinski definition) is 2. The molecule has 0 saturated heterocycles. The van der Waals surface area contributed by atoms with Gasteiger partial charge in [0, 0.05) is 0 Å². The molecule has 0 radical (unpaired) electrons. The SMILES string of the molecule is COc1ccc(CCC(Cc2ccccc2)c2ccc(C(=O)O)c(C)c2)cc1. The van der Waals surface area contributed by atoms with Crippen LogP contribution in [0.5, 0.6) is 5.75 Å². The molecule has 0 aliphatic rings. The molecule has 144 valence electrons. The minimum absolute atomic E-state index is 0.325. The summed E-state index contributed by atoms with van der Waals surface area (Å²) < 4.78 is 5.24. The Labute approximate surface area is 166 Å². The van der Waals surface area contributed by atoms with E-state index in [1.54, 1.807) is 13.2 Å². The van der Waals surface area contributed by atoms with Crippen LogP contribution in [0.15, 0.2) is 72.8 Å². The normalized spacial score (nSPS) is 11.8. The average molecular weight is 374 g/mol. The van der Waals surface area contributed by atoms with E-state index in [2.05, 4.69) is 36.4 Å². The Kier molecular flexibility index (Phi) is 6.49. The van der Waals surface area contributed by atoms with Crippen molar-refractivity contribution in [3.63, 3.8) is 0 Å². The molecule has 0 fully saturated rings. The zero-order chi connectivity index (χ0) is 19.9. The number of ether oxygens (including phenoxy) is 1. The van der Waals surface area contributed by atoms with Crippen LogP contribution in [0.4, 0.5) is 0 Å². The molecule has 0 amide bonds. The number of carboxylic acids is 1. The molecule has 1 unspecified atom stereocenters. The van der Waals surface area contributed by atoms with Crippen LogP contribution in [0.25, 0.3) is 0 Å². The van der Waals surface area contributed by atoms with Gasteiger partial charge in [0.2, 0.25) is 0 Å². The van der Waals surface area contributed by atoms with Crippen LogP contribution in [-0.4, -0.2) is 18.2 Å². The molecule has 0 bridgehead atoms. The first-order chi connectivity index (χ1) is 13.6. The summed E-state index contributed by atoms with van der Waals surface area (Å²) >= 11 is 0. The van der Waals surface area contributed by atoms with Crippen molar-refractivity contribution in [3.8, 4) is 5.75 Å². The first-order valence-electron chi connectivity index (χ1n) is 9.57. The van der Waals surface area contributed by atoms with E-state index in [-0.39, 0.29) is 0 Å². The Morgan fingerprint density at radius 2 is 1.68 bits per heavy atom. The summed E-state index contributed by atoms with van der Waals surface area (Å²) in [6, 6.07) is 24.4. The fourth-order valence-electron chi connectivity index (χ4n) is 3.60. The fourth-order valence-corrected chi connectivity index (χ4v) is 3.60. The van der Waals surface area contributed by atoms with Gasteiger partial charge in [0.05, 0.1) is 12.7 Å². The molecule has 0 aliphatic carbocycles. The molecule has 0 heterocycles. The van der Waals surface area contributed by atoms with E-state index in [0.29, 0.717) is 11.5 Å². The first-order valence-corrected chi connectivity index (χ1v) is 9.57. The number of carbonyl (C=O) groups is 1. The molecule has 0 spiro atoms. The standard InChI is InChI=1S/C25H26O3/c1-18-16-21(12-15-24(18)25(26)27)22(17-20-6-4-3-5-7-20)11-8-19-9-13-23(28-2)14-10-19/h3-7,9-10,12-16,22H,8,11,17H2,1-2H3,(H,26,27). The van der Waals surface area contributed by atoms with Crippen molar-refractivity contribution in [2.75, 3.05) is 7.11 Å². The van der Waals surface area contributed by atoms with Crippen molar-refractivity contribution in [1.82, 2.24) is 0 Å².